The van der Waals surface area contributed by atoms with Gasteiger partial charge < -0.3 is 9.47 Å². The van der Waals surface area contributed by atoms with Crippen LogP contribution in [0.5, 0.6) is 0 Å². The normalized spacial score (nSPS) is 39.5. The highest BCUT2D eigenvalue weighted by Crippen LogP contribution is 2.47. The summed E-state index contributed by atoms with van der Waals surface area (Å²) in [6, 6.07) is 0. The minimum Gasteiger partial charge on any atom is -0.376 e. The molecule has 0 N–H and O–H groups in total. The van der Waals surface area contributed by atoms with Crippen LogP contribution in [0.1, 0.15) is 116 Å². The first-order chi connectivity index (χ1) is 16.6. The molecule has 1 aliphatic heterocycles. The first-order valence-electron chi connectivity index (χ1n) is 14.9. The molecule has 34 heavy (non-hydrogen) atoms. The standard InChI is InChI=1S/C30H50F2O2/c1-2-3-4-19-33-28-17-18-29(34-21-28)27-15-13-26(14-16-27)25-11-9-24(10-12-25)23-7-5-22(6-8-23)20-30(31)32/h20,22-29H,2-19,21H2,1H3. The Morgan fingerprint density at radius 3 is 1.71 bits per heavy atom. The van der Waals surface area contributed by atoms with Crippen LogP contribution in [0.3, 0.4) is 0 Å². The van der Waals surface area contributed by atoms with E-state index in [0.29, 0.717) is 12.2 Å². The van der Waals surface area contributed by atoms with Crippen LogP contribution >= 0.6 is 0 Å². The van der Waals surface area contributed by atoms with Gasteiger partial charge in [0.15, 0.2) is 0 Å². The van der Waals surface area contributed by atoms with Crippen molar-refractivity contribution in [3.05, 3.63) is 12.2 Å². The summed E-state index contributed by atoms with van der Waals surface area (Å²) in [5.41, 5.74) is 0. The smallest absolute Gasteiger partial charge is 0.266 e. The van der Waals surface area contributed by atoms with Crippen molar-refractivity contribution in [3.63, 3.8) is 0 Å². The van der Waals surface area contributed by atoms with E-state index >= 15 is 0 Å². The van der Waals surface area contributed by atoms with Crippen LogP contribution in [0.2, 0.25) is 0 Å². The molecule has 4 fully saturated rings. The zero-order chi connectivity index (χ0) is 23.8. The SMILES string of the molecule is CCCCCOC1CCC(C2CCC(C3CCC(C4CCC(C=C(F)F)CC4)CC3)CC2)OC1. The molecule has 4 aliphatic rings. The zero-order valence-corrected chi connectivity index (χ0v) is 21.7. The van der Waals surface area contributed by atoms with Crippen LogP contribution in [0.25, 0.3) is 0 Å². The molecule has 1 saturated heterocycles. The zero-order valence-electron chi connectivity index (χ0n) is 21.7. The Morgan fingerprint density at radius 2 is 1.24 bits per heavy atom. The van der Waals surface area contributed by atoms with Gasteiger partial charge in [0.25, 0.3) is 6.08 Å². The molecule has 2 atom stereocenters. The molecule has 0 radical (unpaired) electrons. The summed E-state index contributed by atoms with van der Waals surface area (Å²) in [5, 5.41) is 0. The quantitative estimate of drug-likeness (QED) is 0.307. The van der Waals surface area contributed by atoms with E-state index in [2.05, 4.69) is 6.92 Å². The average molecular weight is 481 g/mol. The summed E-state index contributed by atoms with van der Waals surface area (Å²) < 4.78 is 37.4. The number of rotatable bonds is 9. The van der Waals surface area contributed by atoms with Crippen LogP contribution < -0.4 is 0 Å². The second kappa shape index (κ2) is 13.7. The van der Waals surface area contributed by atoms with E-state index in [1.807, 2.05) is 0 Å². The number of ether oxygens (including phenoxy) is 2. The van der Waals surface area contributed by atoms with E-state index in [1.165, 1.54) is 102 Å². The van der Waals surface area contributed by atoms with E-state index in [-0.39, 0.29) is 5.92 Å². The third-order valence-corrected chi connectivity index (χ3v) is 10.0. The summed E-state index contributed by atoms with van der Waals surface area (Å²) in [4.78, 5) is 0. The molecule has 3 aliphatic carbocycles. The fourth-order valence-corrected chi connectivity index (χ4v) is 7.89. The molecule has 0 aromatic rings. The average Bonchev–Trinajstić information content (AvgIpc) is 2.87. The molecular weight excluding hydrogens is 430 g/mol. The van der Waals surface area contributed by atoms with Crippen molar-refractivity contribution in [2.24, 2.45) is 35.5 Å². The molecule has 0 bridgehead atoms. The topological polar surface area (TPSA) is 18.5 Å². The molecule has 3 saturated carbocycles. The third kappa shape index (κ3) is 7.76. The Morgan fingerprint density at radius 1 is 0.706 bits per heavy atom. The van der Waals surface area contributed by atoms with Gasteiger partial charge in [0.05, 0.1) is 18.8 Å². The Bertz CT molecular complexity index is 587. The number of unbranched alkanes of at least 4 members (excludes halogenated alkanes) is 2. The Balaban J connectivity index is 1.10. The highest BCUT2D eigenvalue weighted by Gasteiger charge is 2.37. The Hall–Kier alpha value is -0.480. The van der Waals surface area contributed by atoms with Crippen molar-refractivity contribution in [3.8, 4) is 0 Å². The first-order valence-corrected chi connectivity index (χ1v) is 14.9. The molecule has 0 spiro atoms. The molecular formula is C30H50F2O2. The van der Waals surface area contributed by atoms with E-state index in [4.69, 9.17) is 9.47 Å². The van der Waals surface area contributed by atoms with E-state index in [0.717, 1.165) is 55.6 Å². The van der Waals surface area contributed by atoms with Crippen LogP contribution in [0, 0.1) is 35.5 Å². The second-order valence-electron chi connectivity index (χ2n) is 12.1. The maximum Gasteiger partial charge on any atom is 0.266 e. The summed E-state index contributed by atoms with van der Waals surface area (Å²) in [7, 11) is 0. The van der Waals surface area contributed by atoms with Crippen molar-refractivity contribution >= 4 is 0 Å². The minimum atomic E-state index is -1.48. The van der Waals surface area contributed by atoms with Gasteiger partial charge >= 0.3 is 0 Å². The largest absolute Gasteiger partial charge is 0.376 e. The third-order valence-electron chi connectivity index (χ3n) is 10.0. The molecule has 4 rings (SSSR count). The van der Waals surface area contributed by atoms with Crippen molar-refractivity contribution in [1.82, 2.24) is 0 Å². The fourth-order valence-electron chi connectivity index (χ4n) is 7.89. The van der Waals surface area contributed by atoms with Gasteiger partial charge in [-0.25, -0.2) is 0 Å². The number of halogens is 2. The molecule has 2 unspecified atom stereocenters. The lowest BCUT2D eigenvalue weighted by Crippen LogP contribution is -2.38. The summed E-state index contributed by atoms with van der Waals surface area (Å²) >= 11 is 0. The van der Waals surface area contributed by atoms with Crippen molar-refractivity contribution in [2.45, 2.75) is 128 Å². The van der Waals surface area contributed by atoms with Crippen LogP contribution in [-0.2, 0) is 9.47 Å². The number of hydrogen-bond donors (Lipinski definition) is 0. The van der Waals surface area contributed by atoms with E-state index in [1.54, 1.807) is 0 Å². The highest BCUT2D eigenvalue weighted by atomic mass is 19.3. The van der Waals surface area contributed by atoms with Gasteiger partial charge in [0.2, 0.25) is 0 Å². The number of hydrogen-bond acceptors (Lipinski definition) is 2. The molecule has 0 amide bonds. The minimum absolute atomic E-state index is 0.130. The summed E-state index contributed by atoms with van der Waals surface area (Å²) in [6.07, 6.45) is 22.0. The Kier molecular flexibility index (Phi) is 10.7. The van der Waals surface area contributed by atoms with Crippen LogP contribution in [0.15, 0.2) is 12.2 Å². The monoisotopic (exact) mass is 480 g/mol. The lowest BCUT2D eigenvalue weighted by Gasteiger charge is -2.42. The maximum absolute atomic E-state index is 12.5. The summed E-state index contributed by atoms with van der Waals surface area (Å²) in [5.74, 6) is 4.43. The predicted molar refractivity (Wildman–Crippen MR) is 135 cm³/mol. The van der Waals surface area contributed by atoms with Crippen LogP contribution in [0.4, 0.5) is 8.78 Å². The summed E-state index contributed by atoms with van der Waals surface area (Å²) in [6.45, 7) is 3.94. The van der Waals surface area contributed by atoms with Gasteiger partial charge in [-0.1, -0.05) is 19.8 Å². The van der Waals surface area contributed by atoms with Gasteiger partial charge in [-0.15, -0.1) is 0 Å². The molecule has 4 heteroatoms. The molecule has 2 nitrogen and oxygen atoms in total. The lowest BCUT2D eigenvalue weighted by molar-refractivity contribution is -0.109. The van der Waals surface area contributed by atoms with Gasteiger partial charge in [-0.3, -0.25) is 0 Å². The molecule has 196 valence electrons. The van der Waals surface area contributed by atoms with Crippen molar-refractivity contribution in [1.29, 1.82) is 0 Å². The van der Waals surface area contributed by atoms with Gasteiger partial charge in [-0.2, -0.15) is 8.78 Å². The highest BCUT2D eigenvalue weighted by molar-refractivity contribution is 4.93. The van der Waals surface area contributed by atoms with Gasteiger partial charge in [-0.05, 0) is 138 Å². The molecule has 1 heterocycles. The van der Waals surface area contributed by atoms with E-state index < -0.39 is 6.08 Å². The van der Waals surface area contributed by atoms with Crippen molar-refractivity contribution < 1.29 is 18.3 Å². The van der Waals surface area contributed by atoms with Crippen LogP contribution in [-0.4, -0.2) is 25.4 Å². The molecule has 0 aromatic heterocycles. The maximum atomic E-state index is 12.5. The lowest BCUT2D eigenvalue weighted by atomic mass is 9.64. The second-order valence-corrected chi connectivity index (χ2v) is 12.1. The van der Waals surface area contributed by atoms with Crippen molar-refractivity contribution in [2.75, 3.05) is 13.2 Å². The number of allylic oxidation sites excluding steroid dienone is 1. The van der Waals surface area contributed by atoms with Gasteiger partial charge in [0.1, 0.15) is 0 Å². The molecule has 0 aromatic carbocycles. The predicted octanol–water partition coefficient (Wildman–Crippen LogP) is 8.94. The fraction of sp³-hybridized carbons (Fsp3) is 0.933. The Labute approximate surface area is 207 Å². The first kappa shape index (κ1) is 26.6. The van der Waals surface area contributed by atoms with Gasteiger partial charge in [0, 0.05) is 6.61 Å². The van der Waals surface area contributed by atoms with E-state index in [9.17, 15) is 8.78 Å².